The van der Waals surface area contributed by atoms with Crippen LogP contribution in [0.2, 0.25) is 0 Å². The highest BCUT2D eigenvalue weighted by Crippen LogP contribution is 2.20. The lowest BCUT2D eigenvalue weighted by Gasteiger charge is -2.08. The number of nitrogen functional groups attached to an aromatic ring is 1. The summed E-state index contributed by atoms with van der Waals surface area (Å²) in [6.45, 7) is 0. The van der Waals surface area contributed by atoms with E-state index in [0.717, 1.165) is 12.8 Å². The van der Waals surface area contributed by atoms with Crippen LogP contribution < -0.4 is 15.2 Å². The quantitative estimate of drug-likeness (QED) is 0.450. The van der Waals surface area contributed by atoms with E-state index in [1.807, 2.05) is 0 Å². The molecule has 0 radical (unpaired) electrons. The topological polar surface area (TPSA) is 108 Å². The maximum atomic E-state index is 11.6. The highest BCUT2D eigenvalue weighted by Gasteiger charge is 2.26. The number of benzene rings is 1. The van der Waals surface area contributed by atoms with Crippen LogP contribution in [-0.4, -0.2) is 20.3 Å². The fourth-order valence-electron chi connectivity index (χ4n) is 1.32. The van der Waals surface area contributed by atoms with Crippen LogP contribution in [-0.2, 0) is 10.2 Å². The number of amidine groups is 1. The van der Waals surface area contributed by atoms with Gasteiger partial charge in [-0.25, -0.2) is 0 Å². The van der Waals surface area contributed by atoms with E-state index in [2.05, 4.69) is 9.44 Å². The standard InChI is InChI=1S/C10H14N4O2S/c11-10(12)7-1-3-8(4-2-7)13-17(15,16)14-9-5-6-9/h1-4,9,13-14H,5-6H2,(H3,11,12). The molecule has 1 aliphatic rings. The molecule has 92 valence electrons. The SMILES string of the molecule is N=C(N)c1ccc(NS(=O)(=O)NC2CC2)cc1. The largest absolute Gasteiger partial charge is 0.384 e. The highest BCUT2D eigenvalue weighted by molar-refractivity contribution is 7.90. The van der Waals surface area contributed by atoms with E-state index in [9.17, 15) is 8.42 Å². The minimum Gasteiger partial charge on any atom is -0.384 e. The maximum Gasteiger partial charge on any atom is 0.299 e. The van der Waals surface area contributed by atoms with E-state index < -0.39 is 10.2 Å². The zero-order valence-corrected chi connectivity index (χ0v) is 9.92. The molecule has 5 N–H and O–H groups in total. The lowest BCUT2D eigenvalue weighted by atomic mass is 10.2. The molecule has 1 saturated carbocycles. The highest BCUT2D eigenvalue weighted by atomic mass is 32.2. The summed E-state index contributed by atoms with van der Waals surface area (Å²) >= 11 is 0. The van der Waals surface area contributed by atoms with Crippen molar-refractivity contribution in [3.05, 3.63) is 29.8 Å². The zero-order valence-electron chi connectivity index (χ0n) is 9.10. The fraction of sp³-hybridized carbons (Fsp3) is 0.300. The third-order valence-electron chi connectivity index (χ3n) is 2.35. The Kier molecular flexibility index (Phi) is 3.03. The van der Waals surface area contributed by atoms with Gasteiger partial charge in [-0.1, -0.05) is 0 Å². The number of hydrogen-bond acceptors (Lipinski definition) is 3. The van der Waals surface area contributed by atoms with Crippen LogP contribution >= 0.6 is 0 Å². The number of nitrogens with one attached hydrogen (secondary N) is 3. The Balaban J connectivity index is 2.05. The van der Waals surface area contributed by atoms with Crippen LogP contribution in [0.15, 0.2) is 24.3 Å². The summed E-state index contributed by atoms with van der Waals surface area (Å²) in [6, 6.07) is 6.41. The van der Waals surface area contributed by atoms with E-state index in [-0.39, 0.29) is 11.9 Å². The van der Waals surface area contributed by atoms with Gasteiger partial charge in [-0.3, -0.25) is 10.1 Å². The second kappa shape index (κ2) is 4.34. The molecular formula is C10H14N4O2S. The van der Waals surface area contributed by atoms with Crippen LogP contribution in [0.1, 0.15) is 18.4 Å². The molecule has 17 heavy (non-hydrogen) atoms. The first-order valence-corrected chi connectivity index (χ1v) is 6.69. The second-order valence-electron chi connectivity index (χ2n) is 3.99. The summed E-state index contributed by atoms with van der Waals surface area (Å²) in [4.78, 5) is 0. The van der Waals surface area contributed by atoms with Crippen molar-refractivity contribution < 1.29 is 8.42 Å². The third kappa shape index (κ3) is 3.43. The van der Waals surface area contributed by atoms with Gasteiger partial charge >= 0.3 is 0 Å². The Morgan fingerprint density at radius 1 is 1.29 bits per heavy atom. The zero-order chi connectivity index (χ0) is 12.5. The molecular weight excluding hydrogens is 240 g/mol. The van der Waals surface area contributed by atoms with Crippen LogP contribution in [0.4, 0.5) is 5.69 Å². The lowest BCUT2D eigenvalue weighted by Crippen LogP contribution is -2.31. The van der Waals surface area contributed by atoms with Crippen molar-refractivity contribution in [2.75, 3.05) is 4.72 Å². The minimum absolute atomic E-state index is 0.0458. The Labute approximate surface area is 99.9 Å². The normalized spacial score (nSPS) is 15.5. The molecule has 0 saturated heterocycles. The van der Waals surface area contributed by atoms with Gasteiger partial charge in [-0.15, -0.1) is 0 Å². The summed E-state index contributed by atoms with van der Waals surface area (Å²) in [7, 11) is -3.49. The van der Waals surface area contributed by atoms with E-state index in [1.165, 1.54) is 0 Å². The van der Waals surface area contributed by atoms with Crippen molar-refractivity contribution >= 4 is 21.7 Å². The van der Waals surface area contributed by atoms with Gasteiger partial charge in [0, 0.05) is 17.3 Å². The predicted octanol–water partition coefficient (Wildman–Crippen LogP) is 0.379. The first-order valence-electron chi connectivity index (χ1n) is 5.21. The minimum atomic E-state index is -3.49. The van der Waals surface area contributed by atoms with Crippen molar-refractivity contribution in [3.8, 4) is 0 Å². The summed E-state index contributed by atoms with van der Waals surface area (Å²) in [5.74, 6) is -0.0458. The van der Waals surface area contributed by atoms with Gasteiger partial charge in [0.15, 0.2) is 0 Å². The lowest BCUT2D eigenvalue weighted by molar-refractivity contribution is 0.586. The summed E-state index contributed by atoms with van der Waals surface area (Å²) in [5, 5.41) is 7.21. The molecule has 0 aliphatic heterocycles. The van der Waals surface area contributed by atoms with Crippen molar-refractivity contribution in [1.29, 1.82) is 5.41 Å². The van der Waals surface area contributed by atoms with Crippen LogP contribution in [0, 0.1) is 5.41 Å². The monoisotopic (exact) mass is 254 g/mol. The van der Waals surface area contributed by atoms with Crippen molar-refractivity contribution in [3.63, 3.8) is 0 Å². The van der Waals surface area contributed by atoms with Gasteiger partial charge in [0.05, 0.1) is 0 Å². The second-order valence-corrected chi connectivity index (χ2v) is 5.44. The number of anilines is 1. The molecule has 1 aromatic carbocycles. The molecule has 0 bridgehead atoms. The molecule has 0 heterocycles. The van der Waals surface area contributed by atoms with E-state index in [4.69, 9.17) is 11.1 Å². The maximum absolute atomic E-state index is 11.6. The molecule has 0 amide bonds. The summed E-state index contributed by atoms with van der Waals surface area (Å²) in [5.41, 5.74) is 6.30. The average Bonchev–Trinajstić information content (AvgIpc) is 3.00. The average molecular weight is 254 g/mol. The van der Waals surface area contributed by atoms with Crippen molar-refractivity contribution in [2.24, 2.45) is 5.73 Å². The van der Waals surface area contributed by atoms with E-state index in [0.29, 0.717) is 11.3 Å². The first-order chi connectivity index (χ1) is 7.96. The van der Waals surface area contributed by atoms with Crippen LogP contribution in [0.25, 0.3) is 0 Å². The molecule has 2 rings (SSSR count). The Morgan fingerprint density at radius 2 is 1.88 bits per heavy atom. The van der Waals surface area contributed by atoms with Gasteiger partial charge in [-0.05, 0) is 37.1 Å². The molecule has 0 atom stereocenters. The van der Waals surface area contributed by atoms with Crippen LogP contribution in [0.3, 0.4) is 0 Å². The van der Waals surface area contributed by atoms with Crippen LogP contribution in [0.5, 0.6) is 0 Å². The summed E-state index contributed by atoms with van der Waals surface area (Å²) in [6.07, 6.45) is 1.79. The van der Waals surface area contributed by atoms with Gasteiger partial charge < -0.3 is 5.73 Å². The molecule has 6 nitrogen and oxygen atoms in total. The third-order valence-corrected chi connectivity index (χ3v) is 3.50. The first kappa shape index (κ1) is 11.9. The van der Waals surface area contributed by atoms with E-state index >= 15 is 0 Å². The molecule has 0 unspecified atom stereocenters. The smallest absolute Gasteiger partial charge is 0.299 e. The molecule has 1 aromatic rings. The van der Waals surface area contributed by atoms with Crippen molar-refractivity contribution in [2.45, 2.75) is 18.9 Å². The number of hydrogen-bond donors (Lipinski definition) is 4. The van der Waals surface area contributed by atoms with Crippen molar-refractivity contribution in [1.82, 2.24) is 4.72 Å². The van der Waals surface area contributed by atoms with Gasteiger partial charge in [0.25, 0.3) is 10.2 Å². The molecule has 1 aliphatic carbocycles. The summed E-state index contributed by atoms with van der Waals surface area (Å²) < 4.78 is 28.1. The van der Waals surface area contributed by atoms with Gasteiger partial charge in [0.1, 0.15) is 5.84 Å². The van der Waals surface area contributed by atoms with E-state index in [1.54, 1.807) is 24.3 Å². The molecule has 7 heteroatoms. The number of rotatable bonds is 5. The Bertz CT molecular complexity index is 520. The van der Waals surface area contributed by atoms with Gasteiger partial charge in [0.2, 0.25) is 0 Å². The van der Waals surface area contributed by atoms with Gasteiger partial charge in [-0.2, -0.15) is 13.1 Å². The number of nitrogens with two attached hydrogens (primary N) is 1. The Hall–Kier alpha value is -1.60. The molecule has 0 spiro atoms. The molecule has 1 fully saturated rings. The molecule has 0 aromatic heterocycles. The fourth-order valence-corrected chi connectivity index (χ4v) is 2.50. The Morgan fingerprint density at radius 3 is 2.35 bits per heavy atom. The predicted molar refractivity (Wildman–Crippen MR) is 66.2 cm³/mol.